The third-order valence-electron chi connectivity index (χ3n) is 1.80. The highest BCUT2D eigenvalue weighted by atomic mass is 16.7. The molecule has 1 unspecified atom stereocenters. The number of rotatable bonds is 2. The molecule has 0 aliphatic carbocycles. The zero-order valence-corrected chi connectivity index (χ0v) is 7.13. The summed E-state index contributed by atoms with van der Waals surface area (Å²) in [6.45, 7) is 1.42. The van der Waals surface area contributed by atoms with Crippen LogP contribution in [0.4, 0.5) is 0 Å². The maximum Gasteiger partial charge on any atom is 0.144 e. The highest BCUT2D eigenvalue weighted by Gasteiger charge is 2.21. The standard InChI is InChI=1S/C8H11N3O2/c12-7-4-11(13-6-7)5-8-9-2-1-3-10-8/h1-3,7,12H,4-6H2. The molecule has 5 nitrogen and oxygen atoms in total. The molecule has 13 heavy (non-hydrogen) atoms. The first-order valence-electron chi connectivity index (χ1n) is 4.16. The Kier molecular flexibility index (Phi) is 2.49. The fraction of sp³-hybridized carbons (Fsp3) is 0.500. The van der Waals surface area contributed by atoms with Crippen LogP contribution in [0.25, 0.3) is 0 Å². The van der Waals surface area contributed by atoms with Crippen molar-refractivity contribution in [3.05, 3.63) is 24.3 Å². The second-order valence-electron chi connectivity index (χ2n) is 2.94. The smallest absolute Gasteiger partial charge is 0.144 e. The van der Waals surface area contributed by atoms with Gasteiger partial charge in [0.05, 0.1) is 25.8 Å². The van der Waals surface area contributed by atoms with Gasteiger partial charge in [0.1, 0.15) is 5.82 Å². The molecule has 5 heteroatoms. The van der Waals surface area contributed by atoms with E-state index in [0.717, 1.165) is 0 Å². The first-order valence-corrected chi connectivity index (χ1v) is 4.16. The fourth-order valence-corrected chi connectivity index (χ4v) is 1.21. The van der Waals surface area contributed by atoms with Crippen molar-refractivity contribution in [3.63, 3.8) is 0 Å². The Balaban J connectivity index is 1.92. The van der Waals surface area contributed by atoms with Crippen LogP contribution in [0.5, 0.6) is 0 Å². The quantitative estimate of drug-likeness (QED) is 0.671. The van der Waals surface area contributed by atoms with E-state index in [1.165, 1.54) is 0 Å². The maximum atomic E-state index is 9.17. The van der Waals surface area contributed by atoms with Crippen LogP contribution in [0, 0.1) is 0 Å². The summed E-state index contributed by atoms with van der Waals surface area (Å²) in [5, 5.41) is 10.8. The zero-order chi connectivity index (χ0) is 9.10. The highest BCUT2D eigenvalue weighted by Crippen LogP contribution is 2.07. The predicted octanol–water partition coefficient (Wildman–Crippen LogP) is -0.415. The first kappa shape index (κ1) is 8.55. The molecular formula is C8H11N3O2. The van der Waals surface area contributed by atoms with Gasteiger partial charge in [-0.3, -0.25) is 4.84 Å². The molecule has 1 aliphatic rings. The van der Waals surface area contributed by atoms with Gasteiger partial charge in [0.2, 0.25) is 0 Å². The number of aliphatic hydroxyl groups is 1. The molecule has 1 aromatic heterocycles. The van der Waals surface area contributed by atoms with Gasteiger partial charge >= 0.3 is 0 Å². The predicted molar refractivity (Wildman–Crippen MR) is 44.4 cm³/mol. The molecule has 0 aromatic carbocycles. The van der Waals surface area contributed by atoms with Gasteiger partial charge in [-0.15, -0.1) is 0 Å². The lowest BCUT2D eigenvalue weighted by Gasteiger charge is -2.11. The van der Waals surface area contributed by atoms with E-state index < -0.39 is 0 Å². The van der Waals surface area contributed by atoms with Gasteiger partial charge in [-0.1, -0.05) is 0 Å². The first-order chi connectivity index (χ1) is 6.34. The number of hydrogen-bond donors (Lipinski definition) is 1. The van der Waals surface area contributed by atoms with Crippen LogP contribution in [0.3, 0.4) is 0 Å². The topological polar surface area (TPSA) is 58.5 Å². The van der Waals surface area contributed by atoms with Crippen molar-refractivity contribution in [1.29, 1.82) is 0 Å². The van der Waals surface area contributed by atoms with E-state index in [1.54, 1.807) is 23.5 Å². The number of aliphatic hydroxyl groups excluding tert-OH is 1. The van der Waals surface area contributed by atoms with E-state index in [2.05, 4.69) is 9.97 Å². The van der Waals surface area contributed by atoms with Gasteiger partial charge in [-0.05, 0) is 6.07 Å². The van der Waals surface area contributed by atoms with E-state index in [9.17, 15) is 5.11 Å². The largest absolute Gasteiger partial charge is 0.389 e. The molecule has 0 amide bonds. The second kappa shape index (κ2) is 3.78. The maximum absolute atomic E-state index is 9.17. The number of hydroxylamine groups is 2. The van der Waals surface area contributed by atoms with Gasteiger partial charge in [-0.25, -0.2) is 9.97 Å². The van der Waals surface area contributed by atoms with Crippen molar-refractivity contribution in [3.8, 4) is 0 Å². The molecule has 1 atom stereocenters. The minimum Gasteiger partial charge on any atom is -0.389 e. The Bertz CT molecular complexity index is 267. The molecule has 1 aromatic rings. The number of β-amino-alcohol motifs (C(OH)–C–C–N with tert-alkyl or cyclic N) is 1. The normalized spacial score (nSPS) is 23.6. The molecule has 0 bridgehead atoms. The Morgan fingerprint density at radius 2 is 2.31 bits per heavy atom. The average molecular weight is 181 g/mol. The summed E-state index contributed by atoms with van der Waals surface area (Å²) in [5.74, 6) is 0.705. The summed E-state index contributed by atoms with van der Waals surface area (Å²) in [6.07, 6.45) is 2.99. The lowest BCUT2D eigenvalue weighted by Crippen LogP contribution is -2.21. The number of aromatic nitrogens is 2. The van der Waals surface area contributed by atoms with Gasteiger partial charge in [0.15, 0.2) is 0 Å². The van der Waals surface area contributed by atoms with Crippen molar-refractivity contribution < 1.29 is 9.94 Å². The summed E-state index contributed by atoms with van der Waals surface area (Å²) in [5.41, 5.74) is 0. The Morgan fingerprint density at radius 3 is 2.92 bits per heavy atom. The van der Waals surface area contributed by atoms with Crippen molar-refractivity contribution in [1.82, 2.24) is 15.0 Å². The molecule has 1 fully saturated rings. The second-order valence-corrected chi connectivity index (χ2v) is 2.94. The monoisotopic (exact) mass is 181 g/mol. The van der Waals surface area contributed by atoms with Crippen LogP contribution in [0.15, 0.2) is 18.5 Å². The molecule has 2 heterocycles. The van der Waals surface area contributed by atoms with Crippen LogP contribution >= 0.6 is 0 Å². The minimum atomic E-state index is -0.385. The zero-order valence-electron chi connectivity index (χ0n) is 7.13. The van der Waals surface area contributed by atoms with Crippen LogP contribution in [0.2, 0.25) is 0 Å². The van der Waals surface area contributed by atoms with Crippen LogP contribution in [-0.4, -0.2) is 39.4 Å². The summed E-state index contributed by atoms with van der Waals surface area (Å²) in [7, 11) is 0. The molecule has 1 N–H and O–H groups in total. The summed E-state index contributed by atoms with van der Waals surface area (Å²) in [4.78, 5) is 13.3. The fourth-order valence-electron chi connectivity index (χ4n) is 1.21. The number of nitrogens with zero attached hydrogens (tertiary/aromatic N) is 3. The molecule has 0 saturated carbocycles. The molecule has 0 spiro atoms. The van der Waals surface area contributed by atoms with E-state index in [-0.39, 0.29) is 6.10 Å². The molecule has 2 rings (SSSR count). The third kappa shape index (κ3) is 2.21. The molecular weight excluding hydrogens is 170 g/mol. The SMILES string of the molecule is OC1CON(Cc2ncccn2)C1. The van der Waals surface area contributed by atoms with E-state index in [0.29, 0.717) is 25.5 Å². The Hall–Kier alpha value is -1.04. The third-order valence-corrected chi connectivity index (χ3v) is 1.80. The van der Waals surface area contributed by atoms with Gasteiger partial charge in [-0.2, -0.15) is 5.06 Å². The Labute approximate surface area is 75.9 Å². The minimum absolute atomic E-state index is 0.368. The Morgan fingerprint density at radius 1 is 1.54 bits per heavy atom. The van der Waals surface area contributed by atoms with E-state index in [1.807, 2.05) is 0 Å². The average Bonchev–Trinajstić information content (AvgIpc) is 2.53. The van der Waals surface area contributed by atoms with Crippen molar-refractivity contribution in [2.75, 3.05) is 13.2 Å². The highest BCUT2D eigenvalue weighted by molar-refractivity contribution is 4.88. The van der Waals surface area contributed by atoms with Crippen molar-refractivity contribution >= 4 is 0 Å². The summed E-state index contributed by atoms with van der Waals surface area (Å²) < 4.78 is 0. The van der Waals surface area contributed by atoms with Crippen molar-refractivity contribution in [2.24, 2.45) is 0 Å². The summed E-state index contributed by atoms with van der Waals surface area (Å²) >= 11 is 0. The van der Waals surface area contributed by atoms with Crippen LogP contribution in [-0.2, 0) is 11.4 Å². The van der Waals surface area contributed by atoms with Gasteiger partial charge < -0.3 is 5.11 Å². The molecule has 70 valence electrons. The number of hydrogen-bond acceptors (Lipinski definition) is 5. The van der Waals surface area contributed by atoms with E-state index >= 15 is 0 Å². The van der Waals surface area contributed by atoms with Crippen LogP contribution in [0.1, 0.15) is 5.82 Å². The molecule has 0 radical (unpaired) electrons. The molecule has 1 saturated heterocycles. The lowest BCUT2D eigenvalue weighted by molar-refractivity contribution is -0.119. The van der Waals surface area contributed by atoms with E-state index in [4.69, 9.17) is 4.84 Å². The van der Waals surface area contributed by atoms with Crippen molar-refractivity contribution in [2.45, 2.75) is 12.6 Å². The summed E-state index contributed by atoms with van der Waals surface area (Å²) in [6, 6.07) is 1.77. The molecule has 1 aliphatic heterocycles. The lowest BCUT2D eigenvalue weighted by atomic mass is 10.4. The van der Waals surface area contributed by atoms with Crippen LogP contribution < -0.4 is 0 Å². The van der Waals surface area contributed by atoms with Gasteiger partial charge in [0.25, 0.3) is 0 Å². The van der Waals surface area contributed by atoms with Gasteiger partial charge in [0, 0.05) is 12.4 Å².